The van der Waals surface area contributed by atoms with Crippen molar-refractivity contribution in [1.29, 1.82) is 0 Å². The van der Waals surface area contributed by atoms with Gasteiger partial charge >= 0.3 is 0 Å². The quantitative estimate of drug-likeness (QED) is 0.670. The summed E-state index contributed by atoms with van der Waals surface area (Å²) in [6.45, 7) is 0. The molecule has 0 aliphatic carbocycles. The molecule has 0 unspecified atom stereocenters. The van der Waals surface area contributed by atoms with Gasteiger partial charge in [-0.3, -0.25) is 4.68 Å². The highest BCUT2D eigenvalue weighted by Gasteiger charge is 2.16. The Morgan fingerprint density at radius 1 is 1.10 bits per heavy atom. The minimum absolute atomic E-state index is 0.164. The molecule has 0 saturated heterocycles. The number of hydrogen-bond acceptors (Lipinski definition) is 3. The van der Waals surface area contributed by atoms with Gasteiger partial charge < -0.3 is 0 Å². The first-order valence-electron chi connectivity index (χ1n) is 6.03. The molecule has 2 aromatic heterocycles. The van der Waals surface area contributed by atoms with Gasteiger partial charge in [0.15, 0.2) is 5.82 Å². The molecule has 0 aliphatic rings. The van der Waals surface area contributed by atoms with Crippen molar-refractivity contribution >= 4 is 23.2 Å². The summed E-state index contributed by atoms with van der Waals surface area (Å²) in [6, 6.07) is 7.70. The van der Waals surface area contributed by atoms with E-state index in [4.69, 9.17) is 23.2 Å². The molecule has 0 saturated carbocycles. The lowest BCUT2D eigenvalue weighted by molar-refractivity contribution is 0.628. The molecule has 0 atom stereocenters. The van der Waals surface area contributed by atoms with Gasteiger partial charge in [-0.2, -0.15) is 5.10 Å². The summed E-state index contributed by atoms with van der Waals surface area (Å²) < 4.78 is 14.9. The van der Waals surface area contributed by atoms with E-state index in [0.29, 0.717) is 22.6 Å². The molecule has 4 nitrogen and oxygen atoms in total. The fourth-order valence-electron chi connectivity index (χ4n) is 2.00. The standard InChI is InChI=1S/C14H9Cl2FN4/c1-21-10(5-6-18-21)14-19-12(15)11(13(16)20-14)8-3-2-4-9(17)7-8/h2-7H,1H3. The van der Waals surface area contributed by atoms with Crippen LogP contribution in [0.5, 0.6) is 0 Å². The van der Waals surface area contributed by atoms with Crippen LogP contribution >= 0.6 is 23.2 Å². The molecule has 0 amide bonds. The first-order chi connectivity index (χ1) is 10.1. The first-order valence-corrected chi connectivity index (χ1v) is 6.79. The van der Waals surface area contributed by atoms with Crippen molar-refractivity contribution in [3.63, 3.8) is 0 Å². The Bertz CT molecular complexity index is 793. The van der Waals surface area contributed by atoms with Gasteiger partial charge in [0.05, 0.1) is 5.56 Å². The molecule has 0 radical (unpaired) electrons. The average Bonchev–Trinajstić information content (AvgIpc) is 2.84. The fourth-order valence-corrected chi connectivity index (χ4v) is 2.60. The minimum Gasteiger partial charge on any atom is -0.265 e. The summed E-state index contributed by atoms with van der Waals surface area (Å²) in [5.41, 5.74) is 1.62. The van der Waals surface area contributed by atoms with E-state index in [1.165, 1.54) is 12.1 Å². The molecular weight excluding hydrogens is 314 g/mol. The highest BCUT2D eigenvalue weighted by molar-refractivity contribution is 6.37. The molecule has 21 heavy (non-hydrogen) atoms. The lowest BCUT2D eigenvalue weighted by Gasteiger charge is -2.08. The number of halogens is 3. The maximum atomic E-state index is 13.3. The third kappa shape index (κ3) is 2.62. The van der Waals surface area contributed by atoms with Crippen LogP contribution < -0.4 is 0 Å². The predicted octanol–water partition coefficient (Wildman–Crippen LogP) is 3.99. The van der Waals surface area contributed by atoms with E-state index in [-0.39, 0.29) is 16.1 Å². The van der Waals surface area contributed by atoms with Crippen LogP contribution in [0.2, 0.25) is 10.3 Å². The van der Waals surface area contributed by atoms with Crippen molar-refractivity contribution in [2.45, 2.75) is 0 Å². The zero-order valence-corrected chi connectivity index (χ0v) is 12.4. The Hall–Kier alpha value is -1.98. The third-order valence-corrected chi connectivity index (χ3v) is 3.53. The second-order valence-corrected chi connectivity index (χ2v) is 5.07. The van der Waals surface area contributed by atoms with Gasteiger partial charge in [-0.05, 0) is 23.8 Å². The fraction of sp³-hybridized carbons (Fsp3) is 0.0714. The molecule has 2 heterocycles. The number of rotatable bonds is 2. The Morgan fingerprint density at radius 2 is 1.81 bits per heavy atom. The maximum Gasteiger partial charge on any atom is 0.180 e. The Morgan fingerprint density at radius 3 is 2.38 bits per heavy atom. The number of hydrogen-bond donors (Lipinski definition) is 0. The van der Waals surface area contributed by atoms with Crippen LogP contribution in [0.3, 0.4) is 0 Å². The molecule has 7 heteroatoms. The molecule has 106 valence electrons. The van der Waals surface area contributed by atoms with E-state index in [2.05, 4.69) is 15.1 Å². The summed E-state index contributed by atoms with van der Waals surface area (Å²) in [4.78, 5) is 8.46. The second-order valence-electron chi connectivity index (χ2n) is 4.35. The topological polar surface area (TPSA) is 43.6 Å². The van der Waals surface area contributed by atoms with Gasteiger partial charge in [-0.15, -0.1) is 0 Å². The zero-order valence-electron chi connectivity index (χ0n) is 10.9. The van der Waals surface area contributed by atoms with Gasteiger partial charge in [-0.25, -0.2) is 14.4 Å². The predicted molar refractivity (Wildman–Crippen MR) is 79.6 cm³/mol. The number of nitrogens with zero attached hydrogens (tertiary/aromatic N) is 4. The number of aromatic nitrogens is 4. The Labute approximate surface area is 130 Å². The molecule has 0 N–H and O–H groups in total. The van der Waals surface area contributed by atoms with Crippen LogP contribution in [0.4, 0.5) is 4.39 Å². The van der Waals surface area contributed by atoms with Gasteiger partial charge in [-0.1, -0.05) is 35.3 Å². The van der Waals surface area contributed by atoms with Crippen molar-refractivity contribution in [2.75, 3.05) is 0 Å². The zero-order chi connectivity index (χ0) is 15.0. The summed E-state index contributed by atoms with van der Waals surface area (Å²) in [5, 5.41) is 4.37. The van der Waals surface area contributed by atoms with Gasteiger partial charge in [0, 0.05) is 13.2 Å². The Kier molecular flexibility index (Phi) is 3.61. The van der Waals surface area contributed by atoms with Gasteiger partial charge in [0.25, 0.3) is 0 Å². The SMILES string of the molecule is Cn1nccc1-c1nc(Cl)c(-c2cccc(F)c2)c(Cl)n1. The summed E-state index contributed by atoms with van der Waals surface area (Å²) in [5.74, 6) is -0.0134. The van der Waals surface area contributed by atoms with Crippen molar-refractivity contribution in [2.24, 2.45) is 7.05 Å². The lowest BCUT2D eigenvalue weighted by Crippen LogP contribution is -2.00. The van der Waals surface area contributed by atoms with Crippen LogP contribution in [0.1, 0.15) is 0 Å². The molecular formula is C14H9Cl2FN4. The van der Waals surface area contributed by atoms with Crippen LogP contribution in [0.15, 0.2) is 36.5 Å². The largest absolute Gasteiger partial charge is 0.265 e. The van der Waals surface area contributed by atoms with Crippen molar-refractivity contribution in [1.82, 2.24) is 19.7 Å². The Balaban J connectivity index is 2.15. The lowest BCUT2D eigenvalue weighted by atomic mass is 10.1. The smallest absolute Gasteiger partial charge is 0.180 e. The molecule has 0 bridgehead atoms. The van der Waals surface area contributed by atoms with E-state index in [9.17, 15) is 4.39 Å². The molecule has 3 aromatic rings. The van der Waals surface area contributed by atoms with Crippen LogP contribution in [-0.4, -0.2) is 19.7 Å². The molecule has 0 spiro atoms. The third-order valence-electron chi connectivity index (χ3n) is 2.98. The van der Waals surface area contributed by atoms with Crippen molar-refractivity contribution in [3.8, 4) is 22.6 Å². The first kappa shape index (κ1) is 14.0. The molecule has 0 aliphatic heterocycles. The van der Waals surface area contributed by atoms with E-state index in [0.717, 1.165) is 0 Å². The van der Waals surface area contributed by atoms with Crippen LogP contribution in [0.25, 0.3) is 22.6 Å². The van der Waals surface area contributed by atoms with Crippen molar-refractivity contribution in [3.05, 3.63) is 52.7 Å². The molecule has 1 aromatic carbocycles. The average molecular weight is 323 g/mol. The monoisotopic (exact) mass is 322 g/mol. The van der Waals surface area contributed by atoms with E-state index < -0.39 is 0 Å². The van der Waals surface area contributed by atoms with Crippen LogP contribution in [-0.2, 0) is 7.05 Å². The summed E-state index contributed by atoms with van der Waals surface area (Å²) >= 11 is 12.4. The maximum absolute atomic E-state index is 13.3. The van der Waals surface area contributed by atoms with Crippen molar-refractivity contribution < 1.29 is 4.39 Å². The normalized spacial score (nSPS) is 10.9. The minimum atomic E-state index is -0.379. The van der Waals surface area contributed by atoms with Gasteiger partial charge in [0.2, 0.25) is 0 Å². The van der Waals surface area contributed by atoms with E-state index >= 15 is 0 Å². The number of benzene rings is 1. The highest BCUT2D eigenvalue weighted by atomic mass is 35.5. The van der Waals surface area contributed by atoms with Gasteiger partial charge in [0.1, 0.15) is 21.8 Å². The molecule has 0 fully saturated rings. The van der Waals surface area contributed by atoms with Crippen LogP contribution in [0, 0.1) is 5.82 Å². The highest BCUT2D eigenvalue weighted by Crippen LogP contribution is 2.34. The molecule has 3 rings (SSSR count). The van der Waals surface area contributed by atoms with E-state index in [1.54, 1.807) is 36.1 Å². The number of aryl methyl sites for hydroxylation is 1. The summed E-state index contributed by atoms with van der Waals surface area (Å²) in [6.07, 6.45) is 1.63. The summed E-state index contributed by atoms with van der Waals surface area (Å²) in [7, 11) is 1.76. The second kappa shape index (κ2) is 5.42. The van der Waals surface area contributed by atoms with E-state index in [1.807, 2.05) is 0 Å².